The standard InChI is InChI=1S/C24H26O4S/c1-16-14-21(26)19(9-4-2-3-5-11-24(27)28)18(16)12-13-20(25)23-15-17-8-6-7-10-22(17)29-23/h2,4,6-8,10,12-13,15,18-20,25H,1,3,5,9,11,14H2,(H,27,28)/t18-,19+,20+/m0/s1. The fourth-order valence-corrected chi connectivity index (χ4v) is 4.74. The number of allylic oxidation sites excluding steroid dienone is 4. The molecule has 0 radical (unpaired) electrons. The predicted molar refractivity (Wildman–Crippen MR) is 117 cm³/mol. The van der Waals surface area contributed by atoms with Crippen molar-refractivity contribution in [1.82, 2.24) is 0 Å². The molecule has 1 heterocycles. The smallest absolute Gasteiger partial charge is 0.303 e. The van der Waals surface area contributed by atoms with Crippen LogP contribution in [0.25, 0.3) is 10.1 Å². The van der Waals surface area contributed by atoms with Crippen molar-refractivity contribution in [3.05, 3.63) is 71.7 Å². The van der Waals surface area contributed by atoms with Crippen LogP contribution in [0.2, 0.25) is 0 Å². The number of unbranched alkanes of at least 4 members (excludes halogenated alkanes) is 1. The quantitative estimate of drug-likeness (QED) is 0.426. The highest BCUT2D eigenvalue weighted by molar-refractivity contribution is 7.19. The predicted octanol–water partition coefficient (Wildman–Crippen LogP) is 5.45. The van der Waals surface area contributed by atoms with Gasteiger partial charge in [0.15, 0.2) is 0 Å². The van der Waals surface area contributed by atoms with Crippen LogP contribution < -0.4 is 0 Å². The molecule has 1 aromatic heterocycles. The highest BCUT2D eigenvalue weighted by atomic mass is 32.1. The Labute approximate surface area is 174 Å². The summed E-state index contributed by atoms with van der Waals surface area (Å²) in [5, 5.41) is 20.4. The highest BCUT2D eigenvalue weighted by Gasteiger charge is 2.34. The topological polar surface area (TPSA) is 74.6 Å². The fraction of sp³-hybridized carbons (Fsp3) is 0.333. The number of hydrogen-bond donors (Lipinski definition) is 2. The molecule has 0 amide bonds. The molecule has 1 saturated carbocycles. The zero-order chi connectivity index (χ0) is 20.8. The molecule has 0 bridgehead atoms. The summed E-state index contributed by atoms with van der Waals surface area (Å²) < 4.78 is 1.14. The van der Waals surface area contributed by atoms with Gasteiger partial charge in [-0.15, -0.1) is 11.3 Å². The number of ketones is 1. The summed E-state index contributed by atoms with van der Waals surface area (Å²) in [7, 11) is 0. The van der Waals surface area contributed by atoms with Crippen LogP contribution in [0.15, 0.2) is 66.8 Å². The second kappa shape index (κ2) is 9.81. The molecule has 152 valence electrons. The van der Waals surface area contributed by atoms with Gasteiger partial charge < -0.3 is 10.2 Å². The first kappa shape index (κ1) is 21.2. The fourth-order valence-electron chi connectivity index (χ4n) is 3.71. The number of carbonyl (C=O) groups excluding carboxylic acids is 1. The monoisotopic (exact) mass is 410 g/mol. The summed E-state index contributed by atoms with van der Waals surface area (Å²) >= 11 is 1.57. The van der Waals surface area contributed by atoms with Gasteiger partial charge in [0, 0.05) is 34.3 Å². The Morgan fingerprint density at radius 3 is 2.86 bits per heavy atom. The van der Waals surface area contributed by atoms with Gasteiger partial charge in [0.05, 0.1) is 0 Å². The van der Waals surface area contributed by atoms with Gasteiger partial charge in [-0.05, 0) is 36.8 Å². The number of aliphatic carboxylic acids is 1. The number of rotatable bonds is 9. The van der Waals surface area contributed by atoms with Gasteiger partial charge in [-0.2, -0.15) is 0 Å². The van der Waals surface area contributed by atoms with E-state index in [1.54, 1.807) is 17.4 Å². The molecule has 0 spiro atoms. The SMILES string of the molecule is C=C1CC(=O)[C@H](CC=CCCCC(=O)O)[C@H]1C=C[C@@H](O)c1cc2ccccc2s1. The molecule has 1 aliphatic rings. The molecule has 1 fully saturated rings. The van der Waals surface area contributed by atoms with E-state index in [1.165, 1.54) is 0 Å². The van der Waals surface area contributed by atoms with E-state index >= 15 is 0 Å². The molecule has 0 saturated heterocycles. The molecular weight excluding hydrogens is 384 g/mol. The maximum absolute atomic E-state index is 12.4. The van der Waals surface area contributed by atoms with Crippen molar-refractivity contribution in [2.45, 2.75) is 38.2 Å². The number of carboxylic acids is 1. The number of fused-ring (bicyclic) bond motifs is 1. The second-order valence-electron chi connectivity index (χ2n) is 7.44. The molecule has 4 nitrogen and oxygen atoms in total. The lowest BCUT2D eigenvalue weighted by Gasteiger charge is -2.14. The van der Waals surface area contributed by atoms with Crippen molar-refractivity contribution >= 4 is 33.2 Å². The van der Waals surface area contributed by atoms with Gasteiger partial charge >= 0.3 is 5.97 Å². The lowest BCUT2D eigenvalue weighted by Crippen LogP contribution is -2.13. The van der Waals surface area contributed by atoms with Crippen LogP contribution in [-0.2, 0) is 9.59 Å². The minimum absolute atomic E-state index is 0.0739. The maximum Gasteiger partial charge on any atom is 0.303 e. The highest BCUT2D eigenvalue weighted by Crippen LogP contribution is 2.37. The first-order valence-electron chi connectivity index (χ1n) is 9.87. The summed E-state index contributed by atoms with van der Waals surface area (Å²) in [5.41, 5.74) is 0.888. The minimum atomic E-state index is -0.789. The summed E-state index contributed by atoms with van der Waals surface area (Å²) in [6.45, 7) is 4.06. The molecular formula is C24H26O4S. The third-order valence-electron chi connectivity index (χ3n) is 5.27. The van der Waals surface area contributed by atoms with Crippen LogP contribution in [0.5, 0.6) is 0 Å². The molecule has 1 aliphatic carbocycles. The number of aliphatic hydroxyl groups is 1. The number of benzene rings is 1. The van der Waals surface area contributed by atoms with E-state index in [0.717, 1.165) is 20.5 Å². The second-order valence-corrected chi connectivity index (χ2v) is 8.56. The Bertz CT molecular complexity index is 920. The minimum Gasteiger partial charge on any atom is -0.481 e. The Kier molecular flexibility index (Phi) is 7.18. The number of Topliss-reactive ketones (excluding diaryl/α,β-unsaturated/α-hetero) is 1. The van der Waals surface area contributed by atoms with Crippen molar-refractivity contribution in [1.29, 1.82) is 0 Å². The van der Waals surface area contributed by atoms with Crippen LogP contribution in [0, 0.1) is 11.8 Å². The Balaban J connectivity index is 1.62. The van der Waals surface area contributed by atoms with E-state index in [4.69, 9.17) is 5.11 Å². The molecule has 0 aliphatic heterocycles. The zero-order valence-corrected chi connectivity index (χ0v) is 17.1. The lowest BCUT2D eigenvalue weighted by atomic mass is 9.89. The van der Waals surface area contributed by atoms with Gasteiger partial charge in [-0.3, -0.25) is 9.59 Å². The third kappa shape index (κ3) is 5.52. The Hall–Kier alpha value is -2.50. The summed E-state index contributed by atoms with van der Waals surface area (Å²) in [6.07, 6.45) is 9.34. The first-order chi connectivity index (χ1) is 14.0. The summed E-state index contributed by atoms with van der Waals surface area (Å²) in [6, 6.07) is 10.0. The number of aliphatic hydroxyl groups excluding tert-OH is 1. The maximum atomic E-state index is 12.4. The normalized spacial score (nSPS) is 21.0. The largest absolute Gasteiger partial charge is 0.481 e. The van der Waals surface area contributed by atoms with Crippen molar-refractivity contribution in [2.75, 3.05) is 0 Å². The zero-order valence-electron chi connectivity index (χ0n) is 16.3. The van der Waals surface area contributed by atoms with Crippen LogP contribution in [0.4, 0.5) is 0 Å². The van der Waals surface area contributed by atoms with Crippen LogP contribution in [0.3, 0.4) is 0 Å². The number of carbonyl (C=O) groups is 2. The first-order valence-corrected chi connectivity index (χ1v) is 10.7. The summed E-state index contributed by atoms with van der Waals surface area (Å²) in [4.78, 5) is 23.8. The van der Waals surface area contributed by atoms with Gasteiger partial charge in [0.1, 0.15) is 11.9 Å². The molecule has 0 unspecified atom stereocenters. The molecule has 3 atom stereocenters. The Morgan fingerprint density at radius 1 is 1.31 bits per heavy atom. The molecule has 2 aromatic rings. The average molecular weight is 411 g/mol. The van der Waals surface area contributed by atoms with E-state index in [1.807, 2.05) is 48.6 Å². The van der Waals surface area contributed by atoms with E-state index in [0.29, 0.717) is 25.7 Å². The van der Waals surface area contributed by atoms with E-state index < -0.39 is 12.1 Å². The van der Waals surface area contributed by atoms with Crippen molar-refractivity contribution in [3.8, 4) is 0 Å². The third-order valence-corrected chi connectivity index (χ3v) is 6.46. The van der Waals surface area contributed by atoms with E-state index in [-0.39, 0.29) is 24.0 Å². The van der Waals surface area contributed by atoms with Gasteiger partial charge in [-0.1, -0.05) is 54.7 Å². The van der Waals surface area contributed by atoms with Crippen LogP contribution in [0.1, 0.15) is 43.1 Å². The lowest BCUT2D eigenvalue weighted by molar-refractivity contribution is -0.137. The van der Waals surface area contributed by atoms with Crippen LogP contribution in [-0.4, -0.2) is 22.0 Å². The number of carboxylic acid groups (broad SMARTS) is 1. The molecule has 1 aromatic carbocycles. The van der Waals surface area contributed by atoms with Crippen molar-refractivity contribution < 1.29 is 19.8 Å². The molecule has 5 heteroatoms. The molecule has 29 heavy (non-hydrogen) atoms. The number of thiophene rings is 1. The van der Waals surface area contributed by atoms with Crippen molar-refractivity contribution in [2.24, 2.45) is 11.8 Å². The Morgan fingerprint density at radius 2 is 2.10 bits per heavy atom. The van der Waals surface area contributed by atoms with Gasteiger partial charge in [0.25, 0.3) is 0 Å². The van der Waals surface area contributed by atoms with E-state index in [2.05, 4.69) is 6.58 Å². The average Bonchev–Trinajstić information content (AvgIpc) is 3.23. The van der Waals surface area contributed by atoms with Gasteiger partial charge in [0.2, 0.25) is 0 Å². The van der Waals surface area contributed by atoms with E-state index in [9.17, 15) is 14.7 Å². The molecule has 2 N–H and O–H groups in total. The summed E-state index contributed by atoms with van der Waals surface area (Å²) in [5.74, 6) is -0.849. The van der Waals surface area contributed by atoms with Crippen molar-refractivity contribution in [3.63, 3.8) is 0 Å². The van der Waals surface area contributed by atoms with Gasteiger partial charge in [-0.25, -0.2) is 0 Å². The van der Waals surface area contributed by atoms with Crippen LogP contribution >= 0.6 is 11.3 Å². The number of hydrogen-bond acceptors (Lipinski definition) is 4. The molecule has 3 rings (SSSR count).